The Balaban J connectivity index is 0.000000464. The van der Waals surface area contributed by atoms with Crippen LogP contribution in [0.15, 0.2) is 24.5 Å². The average molecular weight is 456 g/mol. The van der Waals surface area contributed by atoms with Crippen LogP contribution in [0.2, 0.25) is 0 Å². The standard InChI is InChI=1S/C22H29N5.2CH2O2/c1-17-24-20-19(21(25-17)27-11-2-3-12-27)6-7-22(20)8-13-26(14-9-22)16-18-5-4-10-23-15-18;2*2-1-3/h4-5,10,15H,2-3,6-9,11-14,16H2,1H3;2*1H,(H,2,3). The first kappa shape index (κ1) is 24.6. The smallest absolute Gasteiger partial charge is 0.290 e. The molecule has 178 valence electrons. The Kier molecular flexibility index (Phi) is 8.71. The lowest BCUT2D eigenvalue weighted by Crippen LogP contribution is -2.41. The number of likely N-dealkylation sites (tertiary alicyclic amines) is 1. The molecule has 2 aromatic rings. The van der Waals surface area contributed by atoms with E-state index in [2.05, 4.69) is 27.8 Å². The molecule has 33 heavy (non-hydrogen) atoms. The van der Waals surface area contributed by atoms with Crippen molar-refractivity contribution in [2.24, 2.45) is 0 Å². The van der Waals surface area contributed by atoms with Crippen LogP contribution in [0, 0.1) is 6.92 Å². The molecule has 1 aliphatic carbocycles. The van der Waals surface area contributed by atoms with Crippen molar-refractivity contribution in [1.82, 2.24) is 19.9 Å². The van der Waals surface area contributed by atoms with Gasteiger partial charge in [0.2, 0.25) is 0 Å². The zero-order valence-electron chi connectivity index (χ0n) is 19.2. The van der Waals surface area contributed by atoms with Gasteiger partial charge in [0, 0.05) is 43.0 Å². The lowest BCUT2D eigenvalue weighted by Gasteiger charge is -2.39. The minimum absolute atomic E-state index is 0.250. The van der Waals surface area contributed by atoms with Crippen molar-refractivity contribution in [2.45, 2.75) is 57.4 Å². The summed E-state index contributed by atoms with van der Waals surface area (Å²) in [7, 11) is 0. The second-order valence-corrected chi connectivity index (χ2v) is 8.74. The van der Waals surface area contributed by atoms with Gasteiger partial charge in [0.1, 0.15) is 11.6 Å². The third kappa shape index (κ3) is 5.84. The highest BCUT2D eigenvalue weighted by Crippen LogP contribution is 2.47. The van der Waals surface area contributed by atoms with Gasteiger partial charge in [-0.3, -0.25) is 19.5 Å². The maximum absolute atomic E-state index is 8.36. The second kappa shape index (κ2) is 11.7. The summed E-state index contributed by atoms with van der Waals surface area (Å²) in [6, 6.07) is 4.22. The molecule has 0 atom stereocenters. The highest BCUT2D eigenvalue weighted by molar-refractivity contribution is 5.54. The number of rotatable bonds is 3. The zero-order chi connectivity index (χ0) is 23.7. The van der Waals surface area contributed by atoms with Crippen molar-refractivity contribution in [3.63, 3.8) is 0 Å². The minimum Gasteiger partial charge on any atom is -0.483 e. The van der Waals surface area contributed by atoms with Crippen LogP contribution in [0.5, 0.6) is 0 Å². The number of pyridine rings is 1. The first-order valence-electron chi connectivity index (χ1n) is 11.5. The number of hydrogen-bond donors (Lipinski definition) is 2. The Bertz CT molecular complexity index is 905. The quantitative estimate of drug-likeness (QED) is 0.673. The van der Waals surface area contributed by atoms with Crippen LogP contribution in [0.4, 0.5) is 5.82 Å². The monoisotopic (exact) mass is 455 g/mol. The van der Waals surface area contributed by atoms with E-state index in [1.807, 2.05) is 18.5 Å². The van der Waals surface area contributed by atoms with Crippen LogP contribution in [-0.4, -0.2) is 69.2 Å². The summed E-state index contributed by atoms with van der Waals surface area (Å²) < 4.78 is 0. The Morgan fingerprint density at radius 1 is 1.03 bits per heavy atom. The molecule has 9 heteroatoms. The Labute approximate surface area is 194 Å². The predicted molar refractivity (Wildman–Crippen MR) is 124 cm³/mol. The Morgan fingerprint density at radius 3 is 2.30 bits per heavy atom. The van der Waals surface area contributed by atoms with Crippen LogP contribution >= 0.6 is 0 Å². The third-order valence-corrected chi connectivity index (χ3v) is 6.80. The van der Waals surface area contributed by atoms with Crippen molar-refractivity contribution >= 4 is 18.8 Å². The van der Waals surface area contributed by atoms with Crippen molar-refractivity contribution in [2.75, 3.05) is 31.1 Å². The molecule has 0 saturated carbocycles. The summed E-state index contributed by atoms with van der Waals surface area (Å²) in [6.07, 6.45) is 11.3. The second-order valence-electron chi connectivity index (χ2n) is 8.74. The van der Waals surface area contributed by atoms with Gasteiger partial charge in [-0.05, 0) is 70.2 Å². The number of carboxylic acid groups (broad SMARTS) is 2. The van der Waals surface area contributed by atoms with E-state index in [-0.39, 0.29) is 18.4 Å². The normalized spacial score (nSPS) is 18.5. The lowest BCUT2D eigenvalue weighted by molar-refractivity contribution is -0.123. The van der Waals surface area contributed by atoms with Gasteiger partial charge in [0.05, 0.1) is 5.69 Å². The molecule has 9 nitrogen and oxygen atoms in total. The van der Waals surface area contributed by atoms with E-state index in [4.69, 9.17) is 29.8 Å². The van der Waals surface area contributed by atoms with Gasteiger partial charge in [-0.25, -0.2) is 9.97 Å². The molecule has 1 spiro atoms. The maximum Gasteiger partial charge on any atom is 0.290 e. The summed E-state index contributed by atoms with van der Waals surface area (Å²) >= 11 is 0. The minimum atomic E-state index is -0.250. The van der Waals surface area contributed by atoms with Gasteiger partial charge in [0.15, 0.2) is 0 Å². The summed E-state index contributed by atoms with van der Waals surface area (Å²) in [5, 5.41) is 13.8. The predicted octanol–water partition coefficient (Wildman–Crippen LogP) is 2.66. The number of aromatic nitrogens is 3. The Morgan fingerprint density at radius 2 is 1.70 bits per heavy atom. The fourth-order valence-electron chi connectivity index (χ4n) is 5.30. The van der Waals surface area contributed by atoms with E-state index in [0.717, 1.165) is 45.0 Å². The van der Waals surface area contributed by atoms with Gasteiger partial charge >= 0.3 is 0 Å². The topological polar surface area (TPSA) is 120 Å². The van der Waals surface area contributed by atoms with Gasteiger partial charge in [0.25, 0.3) is 12.9 Å². The number of nitrogens with zero attached hydrogens (tertiary/aromatic N) is 5. The number of carbonyl (C=O) groups is 2. The Hall–Kier alpha value is -3.07. The maximum atomic E-state index is 8.36. The number of aryl methyl sites for hydroxylation is 1. The molecule has 2 saturated heterocycles. The average Bonchev–Trinajstić information content (AvgIpc) is 3.46. The molecule has 2 N–H and O–H groups in total. The molecule has 0 radical (unpaired) electrons. The SMILES string of the molecule is Cc1nc(N2CCCC2)c2c(n1)C1(CC2)CCN(Cc2cccnc2)CC1.O=CO.O=CO. The van der Waals surface area contributed by atoms with Gasteiger partial charge in [-0.15, -0.1) is 0 Å². The lowest BCUT2D eigenvalue weighted by atomic mass is 9.76. The molecule has 0 aromatic carbocycles. The highest BCUT2D eigenvalue weighted by Gasteiger charge is 2.44. The van der Waals surface area contributed by atoms with E-state index in [1.165, 1.54) is 54.7 Å². The molecule has 0 bridgehead atoms. The summed E-state index contributed by atoms with van der Waals surface area (Å²) in [5.41, 5.74) is 4.44. The van der Waals surface area contributed by atoms with Crippen LogP contribution < -0.4 is 4.90 Å². The zero-order valence-corrected chi connectivity index (χ0v) is 19.2. The van der Waals surface area contributed by atoms with E-state index >= 15 is 0 Å². The molecule has 2 aromatic heterocycles. The molecule has 0 unspecified atom stereocenters. The van der Waals surface area contributed by atoms with Gasteiger partial charge in [-0.1, -0.05) is 6.07 Å². The molecule has 5 rings (SSSR count). The van der Waals surface area contributed by atoms with Crippen LogP contribution in [0.3, 0.4) is 0 Å². The molecule has 2 fully saturated rings. The van der Waals surface area contributed by atoms with E-state index in [0.29, 0.717) is 0 Å². The third-order valence-electron chi connectivity index (χ3n) is 6.80. The molecule has 3 aliphatic rings. The van der Waals surface area contributed by atoms with Crippen LogP contribution in [0.25, 0.3) is 0 Å². The van der Waals surface area contributed by atoms with E-state index in [1.54, 1.807) is 0 Å². The first-order chi connectivity index (χ1) is 16.1. The fraction of sp³-hybridized carbons (Fsp3) is 0.542. The molecule has 0 amide bonds. The largest absolute Gasteiger partial charge is 0.483 e. The highest BCUT2D eigenvalue weighted by atomic mass is 16.3. The van der Waals surface area contributed by atoms with E-state index < -0.39 is 0 Å². The molecule has 2 aliphatic heterocycles. The molecular weight excluding hydrogens is 422 g/mol. The summed E-state index contributed by atoms with van der Waals surface area (Å²) in [4.78, 5) is 35.9. The van der Waals surface area contributed by atoms with Gasteiger partial charge < -0.3 is 15.1 Å². The number of piperidine rings is 1. The number of anilines is 1. The molecular formula is C24H33N5O4. The summed E-state index contributed by atoms with van der Waals surface area (Å²) in [6.45, 7) is 7.21. The van der Waals surface area contributed by atoms with E-state index in [9.17, 15) is 0 Å². The first-order valence-corrected chi connectivity index (χ1v) is 11.5. The summed E-state index contributed by atoms with van der Waals surface area (Å²) in [5.74, 6) is 2.21. The van der Waals surface area contributed by atoms with Gasteiger partial charge in [-0.2, -0.15) is 0 Å². The van der Waals surface area contributed by atoms with Crippen molar-refractivity contribution in [3.05, 3.63) is 47.2 Å². The number of hydrogen-bond acceptors (Lipinski definition) is 7. The number of fused-ring (bicyclic) bond motifs is 2. The van der Waals surface area contributed by atoms with Crippen LogP contribution in [-0.2, 0) is 28.0 Å². The van der Waals surface area contributed by atoms with Crippen molar-refractivity contribution in [3.8, 4) is 0 Å². The van der Waals surface area contributed by atoms with Crippen molar-refractivity contribution in [1.29, 1.82) is 0 Å². The molecule has 4 heterocycles. The van der Waals surface area contributed by atoms with Crippen LogP contribution in [0.1, 0.15) is 54.7 Å². The van der Waals surface area contributed by atoms with Crippen molar-refractivity contribution < 1.29 is 19.8 Å². The fourth-order valence-corrected chi connectivity index (χ4v) is 5.30.